The van der Waals surface area contributed by atoms with Crippen LogP contribution in [0.25, 0.3) is 0 Å². The molecule has 0 aromatic heterocycles. The number of nitrogens with one attached hydrogen (secondary N) is 1. The summed E-state index contributed by atoms with van der Waals surface area (Å²) in [5, 5.41) is 2.78. The minimum atomic E-state index is -0.259. The molecule has 1 heterocycles. The van der Waals surface area contributed by atoms with E-state index >= 15 is 0 Å². The molecule has 1 aromatic carbocycles. The highest BCUT2D eigenvalue weighted by molar-refractivity contribution is 5.98. The van der Waals surface area contributed by atoms with E-state index in [0.29, 0.717) is 30.2 Å². The van der Waals surface area contributed by atoms with E-state index in [4.69, 9.17) is 14.2 Å². The van der Waals surface area contributed by atoms with Crippen LogP contribution in [0.4, 0.5) is 5.69 Å². The minimum Gasteiger partial charge on any atom is -0.491 e. The first-order valence-corrected chi connectivity index (χ1v) is 11.4. The molecule has 2 aliphatic rings. The number of amides is 2. The molecule has 1 N–H and O–H groups in total. The largest absolute Gasteiger partial charge is 0.491 e. The van der Waals surface area contributed by atoms with Gasteiger partial charge < -0.3 is 24.4 Å². The summed E-state index contributed by atoms with van der Waals surface area (Å²) in [5.41, 5.74) is 1.04. The van der Waals surface area contributed by atoms with Crippen molar-refractivity contribution in [1.29, 1.82) is 0 Å². The number of hydrogen-bond acceptors (Lipinski definition) is 6. The maximum Gasteiger partial charge on any atom is 0.257 e. The smallest absolute Gasteiger partial charge is 0.257 e. The number of nitrogens with zero attached hydrogens (tertiary/aromatic N) is 2. The third-order valence-electron chi connectivity index (χ3n) is 6.32. The van der Waals surface area contributed by atoms with Crippen molar-refractivity contribution in [2.24, 2.45) is 11.8 Å². The highest BCUT2D eigenvalue weighted by Gasteiger charge is 2.31. The first-order chi connectivity index (χ1) is 15.3. The molecule has 1 fully saturated rings. The molecule has 2 amide bonds. The van der Waals surface area contributed by atoms with Gasteiger partial charge >= 0.3 is 0 Å². The van der Waals surface area contributed by atoms with Crippen LogP contribution in [0.1, 0.15) is 37.0 Å². The number of methoxy groups -OCH3 is 2. The van der Waals surface area contributed by atoms with E-state index in [0.717, 1.165) is 19.0 Å². The van der Waals surface area contributed by atoms with Gasteiger partial charge in [-0.3, -0.25) is 14.5 Å². The topological polar surface area (TPSA) is 80.3 Å². The average molecular weight is 448 g/mol. The van der Waals surface area contributed by atoms with E-state index in [2.05, 4.69) is 24.1 Å². The summed E-state index contributed by atoms with van der Waals surface area (Å²) >= 11 is 0. The molecule has 3 atom stereocenters. The molecular formula is C24H37N3O5. The van der Waals surface area contributed by atoms with Crippen LogP contribution in [-0.2, 0) is 14.3 Å². The van der Waals surface area contributed by atoms with E-state index in [-0.39, 0.29) is 36.5 Å². The molecule has 0 saturated heterocycles. The second-order valence-corrected chi connectivity index (χ2v) is 9.19. The van der Waals surface area contributed by atoms with Gasteiger partial charge in [-0.05, 0) is 43.7 Å². The fourth-order valence-corrected chi connectivity index (χ4v) is 4.14. The molecule has 8 heteroatoms. The molecule has 0 bridgehead atoms. The summed E-state index contributed by atoms with van der Waals surface area (Å²) in [6.45, 7) is 7.21. The van der Waals surface area contributed by atoms with Crippen molar-refractivity contribution in [3.63, 3.8) is 0 Å². The number of carbonyl (C=O) groups excluding carboxylic acids is 2. The molecule has 1 saturated carbocycles. The summed E-state index contributed by atoms with van der Waals surface area (Å²) in [4.78, 5) is 29.3. The van der Waals surface area contributed by atoms with Crippen LogP contribution in [0.3, 0.4) is 0 Å². The first kappa shape index (κ1) is 24.5. The van der Waals surface area contributed by atoms with Gasteiger partial charge in [0, 0.05) is 58.7 Å². The minimum absolute atomic E-state index is 0.0383. The molecule has 1 aliphatic carbocycles. The Morgan fingerprint density at radius 1 is 1.22 bits per heavy atom. The van der Waals surface area contributed by atoms with Crippen LogP contribution in [0.5, 0.6) is 5.75 Å². The average Bonchev–Trinajstić information content (AvgIpc) is 3.58. The van der Waals surface area contributed by atoms with Crippen molar-refractivity contribution in [3.05, 3.63) is 23.8 Å². The zero-order valence-corrected chi connectivity index (χ0v) is 19.9. The van der Waals surface area contributed by atoms with Crippen molar-refractivity contribution in [3.8, 4) is 5.75 Å². The Hall–Kier alpha value is -2.16. The number of rotatable bonds is 6. The third kappa shape index (κ3) is 6.43. The maximum atomic E-state index is 13.2. The van der Waals surface area contributed by atoms with E-state index in [1.54, 1.807) is 37.3 Å². The lowest BCUT2D eigenvalue weighted by Gasteiger charge is -2.36. The van der Waals surface area contributed by atoms with Crippen molar-refractivity contribution >= 4 is 17.5 Å². The molecule has 0 unspecified atom stereocenters. The Morgan fingerprint density at radius 2 is 1.97 bits per heavy atom. The molecule has 0 radical (unpaired) electrons. The van der Waals surface area contributed by atoms with E-state index in [1.165, 1.54) is 20.0 Å². The molecule has 178 valence electrons. The van der Waals surface area contributed by atoms with Gasteiger partial charge in [-0.1, -0.05) is 6.92 Å². The lowest BCUT2D eigenvalue weighted by Crippen LogP contribution is -2.47. The van der Waals surface area contributed by atoms with Gasteiger partial charge in [0.1, 0.15) is 19.0 Å². The standard InChI is InChI=1S/C24H37N3O5/c1-16-11-27(12-18-6-7-18)17(2)14-32-21-10-19(25-23(28)15-30-4)8-9-20(21)24(29)26(3)13-22(16)31-5/h8-10,16-18,22H,6-7,11-15H2,1-5H3,(H,25,28)/t16-,17-,22+/m0/s1. The molecule has 1 aliphatic heterocycles. The van der Waals surface area contributed by atoms with Crippen molar-refractivity contribution in [1.82, 2.24) is 9.80 Å². The zero-order valence-electron chi connectivity index (χ0n) is 19.9. The van der Waals surface area contributed by atoms with Gasteiger partial charge in [-0.2, -0.15) is 0 Å². The maximum absolute atomic E-state index is 13.2. The van der Waals surface area contributed by atoms with Crippen molar-refractivity contribution in [2.75, 3.05) is 59.4 Å². The number of hydrogen-bond donors (Lipinski definition) is 1. The summed E-state index contributed by atoms with van der Waals surface area (Å²) in [5.74, 6) is 1.11. The third-order valence-corrected chi connectivity index (χ3v) is 6.32. The molecular weight excluding hydrogens is 410 g/mol. The summed E-state index contributed by atoms with van der Waals surface area (Å²) in [6, 6.07) is 5.32. The van der Waals surface area contributed by atoms with Crippen LogP contribution < -0.4 is 10.1 Å². The summed E-state index contributed by atoms with van der Waals surface area (Å²) in [7, 11) is 4.97. The first-order valence-electron chi connectivity index (χ1n) is 11.4. The lowest BCUT2D eigenvalue weighted by molar-refractivity contribution is -0.119. The highest BCUT2D eigenvalue weighted by Crippen LogP contribution is 2.32. The quantitative estimate of drug-likeness (QED) is 0.722. The monoisotopic (exact) mass is 447 g/mol. The molecule has 32 heavy (non-hydrogen) atoms. The van der Waals surface area contributed by atoms with Crippen LogP contribution in [0.2, 0.25) is 0 Å². The van der Waals surface area contributed by atoms with E-state index in [9.17, 15) is 9.59 Å². The molecule has 1 aromatic rings. The van der Waals surface area contributed by atoms with Crippen molar-refractivity contribution in [2.45, 2.75) is 38.8 Å². The number of ether oxygens (including phenoxy) is 3. The van der Waals surface area contributed by atoms with Crippen LogP contribution in [0.15, 0.2) is 18.2 Å². The number of likely N-dealkylation sites (N-methyl/N-ethyl adjacent to an activating group) is 1. The Balaban J connectivity index is 1.89. The van der Waals surface area contributed by atoms with Gasteiger partial charge in [-0.25, -0.2) is 0 Å². The molecule has 0 spiro atoms. The number of fused-ring (bicyclic) bond motifs is 1. The number of carbonyl (C=O) groups is 2. The van der Waals surface area contributed by atoms with Gasteiger partial charge in [0.2, 0.25) is 5.91 Å². The van der Waals surface area contributed by atoms with Gasteiger partial charge in [0.05, 0.1) is 11.7 Å². The Labute approximate surface area is 191 Å². The normalized spacial score (nSPS) is 25.3. The Morgan fingerprint density at radius 3 is 2.62 bits per heavy atom. The lowest BCUT2D eigenvalue weighted by atomic mass is 10.0. The van der Waals surface area contributed by atoms with E-state index in [1.807, 2.05) is 0 Å². The molecule has 3 rings (SSSR count). The van der Waals surface area contributed by atoms with Gasteiger partial charge in [0.25, 0.3) is 5.91 Å². The van der Waals surface area contributed by atoms with Crippen LogP contribution in [-0.4, -0.2) is 87.9 Å². The fraction of sp³-hybridized carbons (Fsp3) is 0.667. The fourth-order valence-electron chi connectivity index (χ4n) is 4.14. The van der Waals surface area contributed by atoms with Crippen LogP contribution in [0, 0.1) is 11.8 Å². The van der Waals surface area contributed by atoms with Crippen molar-refractivity contribution < 1.29 is 23.8 Å². The molecule has 8 nitrogen and oxygen atoms in total. The van der Waals surface area contributed by atoms with Gasteiger partial charge in [0.15, 0.2) is 0 Å². The second kappa shape index (κ2) is 11.1. The second-order valence-electron chi connectivity index (χ2n) is 9.19. The van der Waals surface area contributed by atoms with Crippen LogP contribution >= 0.6 is 0 Å². The predicted octanol–water partition coefficient (Wildman–Crippen LogP) is 2.49. The summed E-state index contributed by atoms with van der Waals surface area (Å²) < 4.78 is 16.9. The number of anilines is 1. The Kier molecular flexibility index (Phi) is 8.51. The van der Waals surface area contributed by atoms with Gasteiger partial charge in [-0.15, -0.1) is 0 Å². The van der Waals surface area contributed by atoms with E-state index < -0.39 is 0 Å². The Bertz CT molecular complexity index is 798. The highest BCUT2D eigenvalue weighted by atomic mass is 16.5. The predicted molar refractivity (Wildman–Crippen MR) is 123 cm³/mol. The summed E-state index contributed by atoms with van der Waals surface area (Å²) in [6.07, 6.45) is 2.52. The zero-order chi connectivity index (χ0) is 23.3. The number of benzene rings is 1. The SMILES string of the molecule is COCC(=O)Nc1ccc2c(c1)OC[C@H](C)N(CC1CC1)C[C@H](C)[C@H](OC)CN(C)C2=O.